The Morgan fingerprint density at radius 3 is 2.41 bits per heavy atom. The first-order valence-electron chi connectivity index (χ1n) is 7.13. The third-order valence-electron chi connectivity index (χ3n) is 3.30. The van der Waals surface area contributed by atoms with Gasteiger partial charge in [0.05, 0.1) is 18.4 Å². The Morgan fingerprint density at radius 2 is 1.77 bits per heavy atom. The molecule has 0 bridgehead atoms. The fourth-order valence-corrected chi connectivity index (χ4v) is 2.12. The van der Waals surface area contributed by atoms with Gasteiger partial charge in [0.15, 0.2) is 0 Å². The van der Waals surface area contributed by atoms with E-state index >= 15 is 0 Å². The minimum absolute atomic E-state index is 0.184. The van der Waals surface area contributed by atoms with Crippen LogP contribution < -0.4 is 4.74 Å². The van der Waals surface area contributed by atoms with E-state index in [4.69, 9.17) is 9.26 Å². The molecule has 0 aliphatic rings. The fraction of sp³-hybridized carbons (Fsp3) is 0.235. The van der Waals surface area contributed by atoms with Crippen molar-refractivity contribution in [2.75, 3.05) is 7.11 Å². The average molecular weight is 295 g/mol. The second-order valence-corrected chi connectivity index (χ2v) is 5.23. The molecule has 0 saturated carbocycles. The van der Waals surface area contributed by atoms with Crippen LogP contribution in [0.4, 0.5) is 0 Å². The Labute approximate surface area is 129 Å². The van der Waals surface area contributed by atoms with Crippen molar-refractivity contribution < 1.29 is 9.26 Å². The number of rotatable bonds is 4. The minimum Gasteiger partial charge on any atom is -0.480 e. The lowest BCUT2D eigenvalue weighted by Gasteiger charge is -2.07. The van der Waals surface area contributed by atoms with Gasteiger partial charge in [0.1, 0.15) is 0 Å². The van der Waals surface area contributed by atoms with Crippen LogP contribution in [0.3, 0.4) is 0 Å². The zero-order valence-electron chi connectivity index (χ0n) is 12.8. The molecule has 1 aromatic carbocycles. The monoisotopic (exact) mass is 295 g/mol. The van der Waals surface area contributed by atoms with Crippen molar-refractivity contribution in [2.24, 2.45) is 0 Å². The number of hydrogen-bond donors (Lipinski definition) is 0. The van der Waals surface area contributed by atoms with Gasteiger partial charge in [-0.15, -0.1) is 0 Å². The third-order valence-corrected chi connectivity index (χ3v) is 3.30. The first-order chi connectivity index (χ1) is 10.7. The SMILES string of the molecule is COc1nc(-c2ccccc2)ccc1-c1noc(C(C)C)n1. The molecule has 3 aromatic rings. The van der Waals surface area contributed by atoms with Crippen molar-refractivity contribution >= 4 is 0 Å². The molecule has 112 valence electrons. The number of ether oxygens (including phenoxy) is 1. The highest BCUT2D eigenvalue weighted by Gasteiger charge is 2.17. The molecular formula is C17H17N3O2. The molecule has 5 heteroatoms. The normalized spacial score (nSPS) is 10.9. The van der Waals surface area contributed by atoms with Gasteiger partial charge < -0.3 is 9.26 Å². The molecule has 2 aromatic heterocycles. The predicted molar refractivity (Wildman–Crippen MR) is 83.6 cm³/mol. The highest BCUT2D eigenvalue weighted by molar-refractivity contribution is 5.67. The molecule has 5 nitrogen and oxygen atoms in total. The summed E-state index contributed by atoms with van der Waals surface area (Å²) in [7, 11) is 1.59. The topological polar surface area (TPSA) is 61.0 Å². The number of pyridine rings is 1. The van der Waals surface area contributed by atoms with Crippen molar-refractivity contribution in [3.8, 4) is 28.5 Å². The molecule has 0 amide bonds. The summed E-state index contributed by atoms with van der Waals surface area (Å²) in [5.74, 6) is 1.76. The fourth-order valence-electron chi connectivity index (χ4n) is 2.12. The first kappa shape index (κ1) is 14.3. The van der Waals surface area contributed by atoms with Gasteiger partial charge >= 0.3 is 0 Å². The van der Waals surface area contributed by atoms with Gasteiger partial charge in [0, 0.05) is 11.5 Å². The second kappa shape index (κ2) is 5.97. The average Bonchev–Trinajstić information content (AvgIpc) is 3.05. The lowest BCUT2D eigenvalue weighted by molar-refractivity contribution is 0.365. The summed E-state index contributed by atoms with van der Waals surface area (Å²) in [6, 6.07) is 13.8. The van der Waals surface area contributed by atoms with Gasteiger partial charge in [-0.1, -0.05) is 49.3 Å². The molecule has 0 atom stereocenters. The molecule has 0 aliphatic heterocycles. The minimum atomic E-state index is 0.184. The Kier molecular flexibility index (Phi) is 3.87. The molecule has 0 saturated heterocycles. The predicted octanol–water partition coefficient (Wildman–Crippen LogP) is 3.93. The van der Waals surface area contributed by atoms with E-state index in [0.29, 0.717) is 17.6 Å². The van der Waals surface area contributed by atoms with E-state index in [1.807, 2.05) is 56.3 Å². The van der Waals surface area contributed by atoms with Crippen molar-refractivity contribution in [2.45, 2.75) is 19.8 Å². The van der Waals surface area contributed by atoms with E-state index in [1.54, 1.807) is 7.11 Å². The van der Waals surface area contributed by atoms with Crippen LogP contribution in [0.2, 0.25) is 0 Å². The highest BCUT2D eigenvalue weighted by atomic mass is 16.5. The van der Waals surface area contributed by atoms with Crippen LogP contribution in [0.25, 0.3) is 22.6 Å². The maximum absolute atomic E-state index is 5.40. The van der Waals surface area contributed by atoms with Crippen LogP contribution >= 0.6 is 0 Å². The summed E-state index contributed by atoms with van der Waals surface area (Å²) in [5.41, 5.74) is 2.59. The van der Waals surface area contributed by atoms with Crippen LogP contribution in [0.1, 0.15) is 25.7 Å². The van der Waals surface area contributed by atoms with Gasteiger partial charge in [-0.2, -0.15) is 4.98 Å². The summed E-state index contributed by atoms with van der Waals surface area (Å²) in [4.78, 5) is 8.94. The van der Waals surface area contributed by atoms with Crippen molar-refractivity contribution in [1.29, 1.82) is 0 Å². The van der Waals surface area contributed by atoms with Crippen LogP contribution in [-0.2, 0) is 0 Å². The summed E-state index contributed by atoms with van der Waals surface area (Å²) in [5, 5.41) is 4.01. The lowest BCUT2D eigenvalue weighted by Crippen LogP contribution is -1.95. The second-order valence-electron chi connectivity index (χ2n) is 5.23. The third kappa shape index (κ3) is 2.70. The quantitative estimate of drug-likeness (QED) is 0.729. The number of benzene rings is 1. The molecule has 0 N–H and O–H groups in total. The number of nitrogens with zero attached hydrogens (tertiary/aromatic N) is 3. The Balaban J connectivity index is 2.02. The van der Waals surface area contributed by atoms with Crippen molar-refractivity contribution in [3.05, 3.63) is 48.4 Å². The maximum atomic E-state index is 5.40. The van der Waals surface area contributed by atoms with Gasteiger partial charge in [0.25, 0.3) is 0 Å². The van der Waals surface area contributed by atoms with Gasteiger partial charge in [-0.05, 0) is 12.1 Å². The zero-order valence-corrected chi connectivity index (χ0v) is 12.8. The smallest absolute Gasteiger partial charge is 0.229 e. The number of methoxy groups -OCH3 is 1. The molecule has 0 aliphatic carbocycles. The van der Waals surface area contributed by atoms with E-state index in [0.717, 1.165) is 16.8 Å². The van der Waals surface area contributed by atoms with Crippen LogP contribution in [0.15, 0.2) is 47.0 Å². The van der Waals surface area contributed by atoms with Crippen LogP contribution in [-0.4, -0.2) is 22.2 Å². The van der Waals surface area contributed by atoms with Crippen molar-refractivity contribution in [1.82, 2.24) is 15.1 Å². The summed E-state index contributed by atoms with van der Waals surface area (Å²) in [6.07, 6.45) is 0. The molecule has 0 unspecified atom stereocenters. The summed E-state index contributed by atoms with van der Waals surface area (Å²) in [6.45, 7) is 4.01. The van der Waals surface area contributed by atoms with E-state index in [9.17, 15) is 0 Å². The maximum Gasteiger partial charge on any atom is 0.229 e. The Hall–Kier alpha value is -2.69. The lowest BCUT2D eigenvalue weighted by atomic mass is 10.1. The number of hydrogen-bond acceptors (Lipinski definition) is 5. The Morgan fingerprint density at radius 1 is 1.00 bits per heavy atom. The highest BCUT2D eigenvalue weighted by Crippen LogP contribution is 2.30. The molecular weight excluding hydrogens is 278 g/mol. The Bertz CT molecular complexity index is 767. The van der Waals surface area contributed by atoms with E-state index < -0.39 is 0 Å². The molecule has 0 radical (unpaired) electrons. The summed E-state index contributed by atoms with van der Waals surface area (Å²) < 4.78 is 10.6. The molecule has 3 rings (SSSR count). The number of aromatic nitrogens is 3. The van der Waals surface area contributed by atoms with Gasteiger partial charge in [0.2, 0.25) is 17.6 Å². The van der Waals surface area contributed by atoms with Gasteiger partial charge in [-0.25, -0.2) is 4.98 Å². The van der Waals surface area contributed by atoms with Crippen LogP contribution in [0.5, 0.6) is 5.88 Å². The van der Waals surface area contributed by atoms with E-state index in [-0.39, 0.29) is 5.92 Å². The van der Waals surface area contributed by atoms with E-state index in [2.05, 4.69) is 15.1 Å². The summed E-state index contributed by atoms with van der Waals surface area (Å²) >= 11 is 0. The first-order valence-corrected chi connectivity index (χ1v) is 7.13. The largest absolute Gasteiger partial charge is 0.480 e. The molecule has 2 heterocycles. The van der Waals surface area contributed by atoms with E-state index in [1.165, 1.54) is 0 Å². The molecule has 0 fully saturated rings. The van der Waals surface area contributed by atoms with Crippen molar-refractivity contribution in [3.63, 3.8) is 0 Å². The zero-order chi connectivity index (χ0) is 15.5. The molecule has 0 spiro atoms. The molecule has 22 heavy (non-hydrogen) atoms. The van der Waals surface area contributed by atoms with Crippen LogP contribution in [0, 0.1) is 0 Å². The standard InChI is InChI=1S/C17H17N3O2/c1-11(2)16-19-15(20-22-16)13-9-10-14(18-17(13)21-3)12-7-5-4-6-8-12/h4-11H,1-3H3. The van der Waals surface area contributed by atoms with Gasteiger partial charge in [-0.3, -0.25) is 0 Å².